The summed E-state index contributed by atoms with van der Waals surface area (Å²) in [5.74, 6) is -0.517. The Hall–Kier alpha value is -1.82. The Bertz CT molecular complexity index is 665. The fourth-order valence-corrected chi connectivity index (χ4v) is 2.13. The molecule has 1 atom stereocenters. The maximum absolute atomic E-state index is 13.1. The van der Waals surface area contributed by atoms with E-state index in [9.17, 15) is 14.3 Å². The third kappa shape index (κ3) is 4.34. The van der Waals surface area contributed by atoms with Crippen LogP contribution in [0.4, 0.5) is 14.9 Å². The van der Waals surface area contributed by atoms with Crippen molar-refractivity contribution in [2.45, 2.75) is 6.04 Å². The van der Waals surface area contributed by atoms with Gasteiger partial charge in [-0.1, -0.05) is 35.3 Å². The fourth-order valence-electron chi connectivity index (χ4n) is 1.84. The molecule has 2 rings (SSSR count). The van der Waals surface area contributed by atoms with Gasteiger partial charge >= 0.3 is 6.03 Å². The number of benzene rings is 2. The number of aliphatic hydroxyl groups is 1. The van der Waals surface area contributed by atoms with E-state index in [2.05, 4.69) is 10.6 Å². The molecule has 0 aliphatic rings. The van der Waals surface area contributed by atoms with Gasteiger partial charge in [-0.3, -0.25) is 0 Å². The molecule has 22 heavy (non-hydrogen) atoms. The number of halogens is 3. The molecule has 0 saturated heterocycles. The van der Waals surface area contributed by atoms with Gasteiger partial charge in [0, 0.05) is 5.02 Å². The molecule has 2 aromatic rings. The van der Waals surface area contributed by atoms with E-state index in [4.69, 9.17) is 23.2 Å². The lowest BCUT2D eigenvalue weighted by molar-refractivity contribution is 0.225. The van der Waals surface area contributed by atoms with Crippen LogP contribution < -0.4 is 10.6 Å². The average Bonchev–Trinajstić information content (AvgIpc) is 2.49. The minimum Gasteiger partial charge on any atom is -0.394 e. The molecule has 0 aliphatic carbocycles. The molecule has 0 aromatic heterocycles. The maximum Gasteiger partial charge on any atom is 0.319 e. The number of carbonyl (C=O) groups is 1. The zero-order valence-corrected chi connectivity index (χ0v) is 12.8. The van der Waals surface area contributed by atoms with E-state index in [0.29, 0.717) is 10.6 Å². The Labute approximate surface area is 136 Å². The Balaban J connectivity index is 2.06. The number of hydrogen-bond acceptors (Lipinski definition) is 2. The van der Waals surface area contributed by atoms with Crippen LogP contribution in [0.15, 0.2) is 42.5 Å². The first-order valence-corrected chi connectivity index (χ1v) is 7.14. The van der Waals surface area contributed by atoms with Gasteiger partial charge in [0.2, 0.25) is 0 Å². The van der Waals surface area contributed by atoms with Gasteiger partial charge < -0.3 is 15.7 Å². The number of nitrogens with one attached hydrogen (secondary N) is 2. The monoisotopic (exact) mass is 342 g/mol. The number of amides is 2. The molecule has 2 amide bonds. The zero-order chi connectivity index (χ0) is 16.1. The highest BCUT2D eigenvalue weighted by atomic mass is 35.5. The minimum absolute atomic E-state index is 0.145. The first-order chi connectivity index (χ1) is 10.5. The van der Waals surface area contributed by atoms with Gasteiger partial charge in [-0.15, -0.1) is 0 Å². The van der Waals surface area contributed by atoms with Crippen molar-refractivity contribution in [1.82, 2.24) is 5.32 Å². The van der Waals surface area contributed by atoms with Gasteiger partial charge in [-0.2, -0.15) is 0 Å². The Kier molecular flexibility index (Phi) is 5.60. The van der Waals surface area contributed by atoms with E-state index in [0.717, 1.165) is 6.07 Å². The maximum atomic E-state index is 13.1. The molecule has 2 aromatic carbocycles. The Morgan fingerprint density at radius 2 is 1.86 bits per heavy atom. The fraction of sp³-hybridized carbons (Fsp3) is 0.133. The van der Waals surface area contributed by atoms with Crippen LogP contribution in [0.2, 0.25) is 10.0 Å². The largest absolute Gasteiger partial charge is 0.394 e. The Morgan fingerprint density at radius 1 is 1.18 bits per heavy atom. The third-order valence-electron chi connectivity index (χ3n) is 2.94. The summed E-state index contributed by atoms with van der Waals surface area (Å²) >= 11 is 11.7. The van der Waals surface area contributed by atoms with Crippen molar-refractivity contribution >= 4 is 34.9 Å². The number of hydrogen-bond donors (Lipinski definition) is 3. The molecule has 0 fully saturated rings. The molecule has 0 spiro atoms. The standard InChI is InChI=1S/C15H13Cl2FN2O2/c16-10-3-1-9(2-4-10)14(8-21)20-15(22)19-13-7-11(18)5-6-12(13)17/h1-7,14,21H,8H2,(H2,19,20,22). The van der Waals surface area contributed by atoms with Crippen molar-refractivity contribution in [2.75, 3.05) is 11.9 Å². The van der Waals surface area contributed by atoms with E-state index in [1.807, 2.05) is 0 Å². The van der Waals surface area contributed by atoms with Gasteiger partial charge in [0.1, 0.15) is 5.82 Å². The quantitative estimate of drug-likeness (QED) is 0.786. The second-order valence-electron chi connectivity index (χ2n) is 4.51. The lowest BCUT2D eigenvalue weighted by Crippen LogP contribution is -2.34. The molecule has 4 nitrogen and oxygen atoms in total. The van der Waals surface area contributed by atoms with Gasteiger partial charge in [0.05, 0.1) is 23.4 Å². The normalized spacial score (nSPS) is 11.8. The predicted molar refractivity (Wildman–Crippen MR) is 84.8 cm³/mol. The molecule has 0 bridgehead atoms. The van der Waals surface area contributed by atoms with Crippen LogP contribution in [-0.4, -0.2) is 17.7 Å². The van der Waals surface area contributed by atoms with Crippen molar-refractivity contribution in [3.63, 3.8) is 0 Å². The summed E-state index contributed by atoms with van der Waals surface area (Å²) in [7, 11) is 0. The van der Waals surface area contributed by atoms with E-state index in [-0.39, 0.29) is 17.3 Å². The average molecular weight is 343 g/mol. The summed E-state index contributed by atoms with van der Waals surface area (Å²) in [5, 5.41) is 15.2. The molecular weight excluding hydrogens is 330 g/mol. The Morgan fingerprint density at radius 3 is 2.50 bits per heavy atom. The number of anilines is 1. The molecule has 7 heteroatoms. The topological polar surface area (TPSA) is 61.4 Å². The second kappa shape index (κ2) is 7.45. The number of rotatable bonds is 4. The molecule has 0 heterocycles. The van der Waals surface area contributed by atoms with Crippen LogP contribution in [0.25, 0.3) is 0 Å². The van der Waals surface area contributed by atoms with Crippen molar-refractivity contribution in [3.8, 4) is 0 Å². The summed E-state index contributed by atoms with van der Waals surface area (Å²) in [5.41, 5.74) is 0.833. The van der Waals surface area contributed by atoms with Crippen molar-refractivity contribution in [2.24, 2.45) is 0 Å². The minimum atomic E-state index is -0.621. The molecule has 1 unspecified atom stereocenters. The lowest BCUT2D eigenvalue weighted by Gasteiger charge is -2.17. The van der Waals surface area contributed by atoms with Crippen LogP contribution in [0.1, 0.15) is 11.6 Å². The number of carbonyl (C=O) groups excluding carboxylic acids is 1. The first-order valence-electron chi connectivity index (χ1n) is 6.38. The van der Waals surface area contributed by atoms with Crippen LogP contribution in [0.5, 0.6) is 0 Å². The predicted octanol–water partition coefficient (Wildman–Crippen LogP) is 3.99. The van der Waals surface area contributed by atoms with Gasteiger partial charge in [-0.25, -0.2) is 9.18 Å². The summed E-state index contributed by atoms with van der Waals surface area (Å²) in [4.78, 5) is 11.9. The molecular formula is C15H13Cl2FN2O2. The smallest absolute Gasteiger partial charge is 0.319 e. The molecule has 0 saturated carbocycles. The lowest BCUT2D eigenvalue weighted by atomic mass is 10.1. The summed E-state index contributed by atoms with van der Waals surface area (Å²) in [6.45, 7) is -0.300. The van der Waals surface area contributed by atoms with Crippen molar-refractivity contribution < 1.29 is 14.3 Å². The van der Waals surface area contributed by atoms with E-state index in [1.165, 1.54) is 12.1 Å². The summed E-state index contributed by atoms with van der Waals surface area (Å²) in [6.07, 6.45) is 0. The second-order valence-corrected chi connectivity index (χ2v) is 5.35. The highest BCUT2D eigenvalue weighted by Gasteiger charge is 2.14. The highest BCUT2D eigenvalue weighted by Crippen LogP contribution is 2.22. The number of aliphatic hydroxyl groups excluding tert-OH is 1. The SMILES string of the molecule is O=C(Nc1cc(F)ccc1Cl)NC(CO)c1ccc(Cl)cc1. The van der Waals surface area contributed by atoms with Crippen molar-refractivity contribution in [3.05, 3.63) is 63.9 Å². The van der Waals surface area contributed by atoms with E-state index in [1.54, 1.807) is 24.3 Å². The van der Waals surface area contributed by atoms with Crippen LogP contribution in [-0.2, 0) is 0 Å². The molecule has 0 radical (unpaired) electrons. The van der Waals surface area contributed by atoms with Gasteiger partial charge in [0.25, 0.3) is 0 Å². The number of urea groups is 1. The van der Waals surface area contributed by atoms with Crippen LogP contribution >= 0.6 is 23.2 Å². The van der Waals surface area contributed by atoms with Crippen LogP contribution in [0, 0.1) is 5.82 Å². The molecule has 3 N–H and O–H groups in total. The summed E-state index contributed by atoms with van der Waals surface area (Å²) in [6, 6.07) is 9.11. The molecule has 0 aliphatic heterocycles. The van der Waals surface area contributed by atoms with Crippen molar-refractivity contribution in [1.29, 1.82) is 0 Å². The summed E-state index contributed by atoms with van der Waals surface area (Å²) < 4.78 is 13.1. The molecule has 116 valence electrons. The van der Waals surface area contributed by atoms with E-state index < -0.39 is 17.9 Å². The van der Waals surface area contributed by atoms with Crippen LogP contribution in [0.3, 0.4) is 0 Å². The van der Waals surface area contributed by atoms with Gasteiger partial charge in [-0.05, 0) is 35.9 Å². The van der Waals surface area contributed by atoms with Gasteiger partial charge in [0.15, 0.2) is 0 Å². The first kappa shape index (κ1) is 16.5. The van der Waals surface area contributed by atoms with E-state index >= 15 is 0 Å². The highest BCUT2D eigenvalue weighted by molar-refractivity contribution is 6.33. The third-order valence-corrected chi connectivity index (χ3v) is 3.52. The zero-order valence-electron chi connectivity index (χ0n) is 11.3.